The van der Waals surface area contributed by atoms with Crippen LogP contribution in [0.4, 0.5) is 0 Å². The van der Waals surface area contributed by atoms with Gasteiger partial charge in [-0.15, -0.1) is 0 Å². The molecule has 0 spiro atoms. The van der Waals surface area contributed by atoms with E-state index in [0.717, 1.165) is 37.5 Å². The first-order valence-electron chi connectivity index (χ1n) is 8.14. The zero-order valence-electron chi connectivity index (χ0n) is 13.3. The largest absolute Gasteiger partial charge is 0.461 e. The van der Waals surface area contributed by atoms with Gasteiger partial charge in [0.05, 0.1) is 0 Å². The molecule has 4 nitrogen and oxygen atoms in total. The predicted octanol–water partition coefficient (Wildman–Crippen LogP) is 3.28. The van der Waals surface area contributed by atoms with E-state index in [4.69, 9.17) is 4.42 Å². The van der Waals surface area contributed by atoms with Crippen molar-refractivity contribution >= 4 is 11.0 Å². The Morgan fingerprint density at radius 1 is 1.22 bits per heavy atom. The molecule has 1 atom stereocenters. The molecule has 2 aromatic heterocycles. The number of piperazine rings is 1. The van der Waals surface area contributed by atoms with Crippen LogP contribution in [0.1, 0.15) is 22.9 Å². The fraction of sp³-hybridized carbons (Fsp3) is 0.316. The molecule has 1 aromatic carbocycles. The highest BCUT2D eigenvalue weighted by molar-refractivity contribution is 5.82. The third kappa shape index (κ3) is 2.76. The van der Waals surface area contributed by atoms with Crippen molar-refractivity contribution in [1.82, 2.24) is 15.2 Å². The maximum absolute atomic E-state index is 5.93. The lowest BCUT2D eigenvalue weighted by atomic mass is 10.0. The summed E-state index contributed by atoms with van der Waals surface area (Å²) in [4.78, 5) is 6.68. The molecule has 1 aliphatic rings. The standard InChI is InChI=1S/C19H21N3O/c1-14-17(16-4-2-3-5-19(16)23-14)13-22-11-10-21-12-18(22)15-6-8-20-9-7-15/h2-9,18,21H,10-13H2,1H3. The summed E-state index contributed by atoms with van der Waals surface area (Å²) in [6, 6.07) is 12.9. The van der Waals surface area contributed by atoms with Crippen molar-refractivity contribution in [3.05, 3.63) is 65.7 Å². The van der Waals surface area contributed by atoms with Crippen molar-refractivity contribution in [2.24, 2.45) is 0 Å². The molecule has 1 saturated heterocycles. The van der Waals surface area contributed by atoms with E-state index < -0.39 is 0 Å². The van der Waals surface area contributed by atoms with Gasteiger partial charge in [-0.25, -0.2) is 0 Å². The Kier molecular flexibility index (Phi) is 3.85. The van der Waals surface area contributed by atoms with Gasteiger partial charge < -0.3 is 9.73 Å². The summed E-state index contributed by atoms with van der Waals surface area (Å²) >= 11 is 0. The number of hydrogen-bond acceptors (Lipinski definition) is 4. The number of pyridine rings is 1. The second-order valence-corrected chi connectivity index (χ2v) is 6.10. The monoisotopic (exact) mass is 307 g/mol. The molecule has 0 aliphatic carbocycles. The fourth-order valence-electron chi connectivity index (χ4n) is 3.47. The summed E-state index contributed by atoms with van der Waals surface area (Å²) in [5.41, 5.74) is 3.61. The van der Waals surface area contributed by atoms with E-state index in [-0.39, 0.29) is 0 Å². The molecule has 3 aromatic rings. The molecule has 0 bridgehead atoms. The molecule has 4 rings (SSSR count). The summed E-state index contributed by atoms with van der Waals surface area (Å²) in [6.07, 6.45) is 3.75. The molecule has 0 radical (unpaired) electrons. The predicted molar refractivity (Wildman–Crippen MR) is 91.2 cm³/mol. The number of para-hydroxylation sites is 1. The number of aromatic nitrogens is 1. The van der Waals surface area contributed by atoms with Gasteiger partial charge >= 0.3 is 0 Å². The van der Waals surface area contributed by atoms with Crippen LogP contribution in [-0.2, 0) is 6.54 Å². The minimum absolute atomic E-state index is 0.375. The second kappa shape index (κ2) is 6.14. The number of furan rings is 1. The highest BCUT2D eigenvalue weighted by Gasteiger charge is 2.25. The van der Waals surface area contributed by atoms with Gasteiger partial charge in [-0.05, 0) is 30.7 Å². The van der Waals surface area contributed by atoms with Crippen LogP contribution in [0, 0.1) is 6.92 Å². The molecular formula is C19H21N3O. The third-order valence-electron chi connectivity index (χ3n) is 4.71. The molecule has 1 aliphatic heterocycles. The number of fused-ring (bicyclic) bond motifs is 1. The van der Waals surface area contributed by atoms with Crippen LogP contribution in [0.15, 0.2) is 53.2 Å². The zero-order valence-corrected chi connectivity index (χ0v) is 13.3. The molecule has 118 valence electrons. The highest BCUT2D eigenvalue weighted by Crippen LogP contribution is 2.30. The third-order valence-corrected chi connectivity index (χ3v) is 4.71. The minimum Gasteiger partial charge on any atom is -0.461 e. The van der Waals surface area contributed by atoms with Crippen molar-refractivity contribution in [1.29, 1.82) is 0 Å². The molecule has 3 heterocycles. The van der Waals surface area contributed by atoms with Crippen LogP contribution in [0.2, 0.25) is 0 Å². The van der Waals surface area contributed by atoms with Crippen molar-refractivity contribution in [2.45, 2.75) is 19.5 Å². The van der Waals surface area contributed by atoms with Crippen LogP contribution < -0.4 is 5.32 Å². The number of nitrogens with one attached hydrogen (secondary N) is 1. The van der Waals surface area contributed by atoms with Gasteiger partial charge in [-0.3, -0.25) is 9.88 Å². The normalized spacial score (nSPS) is 19.3. The van der Waals surface area contributed by atoms with Crippen molar-refractivity contribution < 1.29 is 4.42 Å². The molecule has 1 unspecified atom stereocenters. The summed E-state index contributed by atoms with van der Waals surface area (Å²) < 4.78 is 5.93. The maximum atomic E-state index is 5.93. The van der Waals surface area contributed by atoms with Crippen LogP contribution in [0.5, 0.6) is 0 Å². The number of aryl methyl sites for hydroxylation is 1. The molecule has 0 amide bonds. The lowest BCUT2D eigenvalue weighted by molar-refractivity contribution is 0.153. The molecular weight excluding hydrogens is 286 g/mol. The van der Waals surface area contributed by atoms with Gasteiger partial charge in [0.1, 0.15) is 11.3 Å². The average molecular weight is 307 g/mol. The number of benzene rings is 1. The van der Waals surface area contributed by atoms with Gasteiger partial charge in [0, 0.05) is 55.6 Å². The van der Waals surface area contributed by atoms with E-state index >= 15 is 0 Å². The van der Waals surface area contributed by atoms with Crippen LogP contribution in [0.3, 0.4) is 0 Å². The maximum Gasteiger partial charge on any atom is 0.134 e. The first-order chi connectivity index (χ1) is 11.3. The first-order valence-corrected chi connectivity index (χ1v) is 8.14. The zero-order chi connectivity index (χ0) is 15.6. The fourth-order valence-corrected chi connectivity index (χ4v) is 3.47. The lowest BCUT2D eigenvalue weighted by Gasteiger charge is -2.36. The van der Waals surface area contributed by atoms with E-state index in [0.29, 0.717) is 6.04 Å². The molecule has 1 N–H and O–H groups in total. The van der Waals surface area contributed by atoms with Crippen LogP contribution >= 0.6 is 0 Å². The van der Waals surface area contributed by atoms with E-state index in [1.165, 1.54) is 16.5 Å². The number of nitrogens with zero attached hydrogens (tertiary/aromatic N) is 2. The van der Waals surface area contributed by atoms with E-state index in [1.54, 1.807) is 0 Å². The smallest absolute Gasteiger partial charge is 0.134 e. The van der Waals surface area contributed by atoms with Crippen LogP contribution in [0.25, 0.3) is 11.0 Å². The topological polar surface area (TPSA) is 41.3 Å². The Morgan fingerprint density at radius 2 is 2.04 bits per heavy atom. The van der Waals surface area contributed by atoms with E-state index in [2.05, 4.69) is 46.4 Å². The Bertz CT molecular complexity index is 797. The Morgan fingerprint density at radius 3 is 2.91 bits per heavy atom. The van der Waals surface area contributed by atoms with Crippen LogP contribution in [-0.4, -0.2) is 29.5 Å². The van der Waals surface area contributed by atoms with Crippen molar-refractivity contribution in [3.8, 4) is 0 Å². The summed E-state index contributed by atoms with van der Waals surface area (Å²) in [5, 5.41) is 4.74. The quantitative estimate of drug-likeness (QED) is 0.806. The van der Waals surface area contributed by atoms with Gasteiger partial charge in [0.15, 0.2) is 0 Å². The van der Waals surface area contributed by atoms with Gasteiger partial charge in [0.25, 0.3) is 0 Å². The minimum atomic E-state index is 0.375. The highest BCUT2D eigenvalue weighted by atomic mass is 16.3. The molecule has 0 saturated carbocycles. The summed E-state index contributed by atoms with van der Waals surface area (Å²) in [6.45, 7) is 6.01. The first kappa shape index (κ1) is 14.4. The number of hydrogen-bond donors (Lipinski definition) is 1. The van der Waals surface area contributed by atoms with Gasteiger partial charge in [-0.1, -0.05) is 18.2 Å². The van der Waals surface area contributed by atoms with Crippen molar-refractivity contribution in [2.75, 3.05) is 19.6 Å². The van der Waals surface area contributed by atoms with Crippen molar-refractivity contribution in [3.63, 3.8) is 0 Å². The summed E-state index contributed by atoms with van der Waals surface area (Å²) in [7, 11) is 0. The Hall–Kier alpha value is -2.17. The van der Waals surface area contributed by atoms with E-state index in [9.17, 15) is 0 Å². The average Bonchev–Trinajstić information content (AvgIpc) is 2.92. The second-order valence-electron chi connectivity index (χ2n) is 6.10. The van der Waals surface area contributed by atoms with E-state index in [1.807, 2.05) is 24.5 Å². The Labute approximate surface area is 136 Å². The van der Waals surface area contributed by atoms with Gasteiger partial charge in [0.2, 0.25) is 0 Å². The Balaban J connectivity index is 1.66. The number of rotatable bonds is 3. The molecule has 1 fully saturated rings. The summed E-state index contributed by atoms with van der Waals surface area (Å²) in [5.74, 6) is 1.03. The molecule has 23 heavy (non-hydrogen) atoms. The SMILES string of the molecule is Cc1oc2ccccc2c1CN1CCNCC1c1ccncc1. The molecule has 4 heteroatoms. The van der Waals surface area contributed by atoms with Gasteiger partial charge in [-0.2, -0.15) is 0 Å². The lowest BCUT2D eigenvalue weighted by Crippen LogP contribution is -2.45.